The Morgan fingerprint density at radius 2 is 2.11 bits per heavy atom. The van der Waals surface area contributed by atoms with Crippen molar-refractivity contribution in [1.29, 1.82) is 0 Å². The highest BCUT2D eigenvalue weighted by atomic mass is 127. The van der Waals surface area contributed by atoms with Gasteiger partial charge in [-0.25, -0.2) is 9.38 Å². The number of rotatable bonds is 8. The Bertz CT molecular complexity index is 643. The number of halogens is 2. The molecule has 0 bridgehead atoms. The van der Waals surface area contributed by atoms with Crippen LogP contribution in [-0.2, 0) is 11.3 Å². The predicted molar refractivity (Wildman–Crippen MR) is 121 cm³/mol. The summed E-state index contributed by atoms with van der Waals surface area (Å²) in [5, 5.41) is 6.47. The Labute approximate surface area is 184 Å². The van der Waals surface area contributed by atoms with Gasteiger partial charge in [-0.3, -0.25) is 4.79 Å². The number of hydrogen-bond donors (Lipinski definition) is 2. The third-order valence-electron chi connectivity index (χ3n) is 4.55. The van der Waals surface area contributed by atoms with Crippen molar-refractivity contribution in [3.05, 3.63) is 29.6 Å². The first-order chi connectivity index (χ1) is 13.1. The normalized spacial score (nSPS) is 14.9. The maximum absolute atomic E-state index is 13.8. The molecule has 1 aliphatic rings. The molecule has 8 heteroatoms. The van der Waals surface area contributed by atoms with Crippen LogP contribution in [0.3, 0.4) is 0 Å². The van der Waals surface area contributed by atoms with Gasteiger partial charge in [0, 0.05) is 32.6 Å². The molecule has 1 aliphatic heterocycles. The summed E-state index contributed by atoms with van der Waals surface area (Å²) in [7, 11) is 1.45. The lowest BCUT2D eigenvalue weighted by Crippen LogP contribution is -2.39. The zero-order chi connectivity index (χ0) is 19.5. The SMILES string of the molecule is CCNC(=NCc1ccc(OC)c(F)c1)NCCCN1CCCCCC1=O.I. The molecule has 0 atom stereocenters. The Morgan fingerprint density at radius 1 is 1.29 bits per heavy atom. The van der Waals surface area contributed by atoms with Gasteiger partial charge < -0.3 is 20.3 Å². The second kappa shape index (κ2) is 13.6. The van der Waals surface area contributed by atoms with Gasteiger partial charge in [-0.05, 0) is 43.9 Å². The molecule has 158 valence electrons. The van der Waals surface area contributed by atoms with Gasteiger partial charge in [-0.2, -0.15) is 0 Å². The number of ether oxygens (including phenoxy) is 1. The Kier molecular flexibility index (Phi) is 11.9. The van der Waals surface area contributed by atoms with E-state index < -0.39 is 0 Å². The summed E-state index contributed by atoms with van der Waals surface area (Å²) in [5.41, 5.74) is 0.778. The fourth-order valence-corrected chi connectivity index (χ4v) is 3.07. The van der Waals surface area contributed by atoms with Gasteiger partial charge in [0.1, 0.15) is 0 Å². The van der Waals surface area contributed by atoms with Crippen LogP contribution in [0.15, 0.2) is 23.2 Å². The number of carbonyl (C=O) groups is 1. The van der Waals surface area contributed by atoms with Crippen LogP contribution in [0, 0.1) is 5.82 Å². The van der Waals surface area contributed by atoms with Crippen LogP contribution < -0.4 is 15.4 Å². The van der Waals surface area contributed by atoms with Crippen molar-refractivity contribution in [2.75, 3.05) is 33.3 Å². The number of benzene rings is 1. The highest BCUT2D eigenvalue weighted by Gasteiger charge is 2.15. The monoisotopic (exact) mass is 506 g/mol. The molecule has 6 nitrogen and oxygen atoms in total. The lowest BCUT2D eigenvalue weighted by molar-refractivity contribution is -0.130. The number of methoxy groups -OCH3 is 1. The number of guanidine groups is 1. The average Bonchev–Trinajstić information content (AvgIpc) is 2.87. The second-order valence-electron chi connectivity index (χ2n) is 6.64. The molecule has 1 saturated heterocycles. The molecule has 0 unspecified atom stereocenters. The summed E-state index contributed by atoms with van der Waals surface area (Å²) in [6, 6.07) is 4.86. The number of aliphatic imine (C=N–C) groups is 1. The van der Waals surface area contributed by atoms with Crippen LogP contribution in [0.1, 0.15) is 44.6 Å². The Morgan fingerprint density at radius 3 is 2.82 bits per heavy atom. The number of hydrogen-bond acceptors (Lipinski definition) is 3. The molecule has 2 rings (SSSR count). The molecule has 0 saturated carbocycles. The van der Waals surface area contributed by atoms with Gasteiger partial charge in [0.25, 0.3) is 0 Å². The molecular formula is C20H32FIN4O2. The molecule has 1 aromatic carbocycles. The van der Waals surface area contributed by atoms with Crippen molar-refractivity contribution >= 4 is 35.8 Å². The molecule has 1 fully saturated rings. The quantitative estimate of drug-likeness (QED) is 0.246. The molecular weight excluding hydrogens is 474 g/mol. The van der Waals surface area contributed by atoms with Gasteiger partial charge in [-0.15, -0.1) is 24.0 Å². The van der Waals surface area contributed by atoms with E-state index in [0.29, 0.717) is 18.9 Å². The third kappa shape index (κ3) is 8.20. The van der Waals surface area contributed by atoms with Gasteiger partial charge in [0.05, 0.1) is 13.7 Å². The zero-order valence-corrected chi connectivity index (χ0v) is 19.1. The van der Waals surface area contributed by atoms with Crippen molar-refractivity contribution in [3.63, 3.8) is 0 Å². The lowest BCUT2D eigenvalue weighted by atomic mass is 10.2. The van der Waals surface area contributed by atoms with Crippen molar-refractivity contribution < 1.29 is 13.9 Å². The molecule has 0 aliphatic carbocycles. The van der Waals surface area contributed by atoms with Crippen LogP contribution in [0.4, 0.5) is 4.39 Å². The summed E-state index contributed by atoms with van der Waals surface area (Å²) in [5.74, 6) is 0.812. The van der Waals surface area contributed by atoms with E-state index in [-0.39, 0.29) is 41.5 Å². The largest absolute Gasteiger partial charge is 0.494 e. The second-order valence-corrected chi connectivity index (χ2v) is 6.64. The summed E-state index contributed by atoms with van der Waals surface area (Å²) >= 11 is 0. The molecule has 0 aromatic heterocycles. The first-order valence-corrected chi connectivity index (χ1v) is 9.76. The molecule has 1 amide bonds. The van der Waals surface area contributed by atoms with Crippen molar-refractivity contribution in [2.24, 2.45) is 4.99 Å². The van der Waals surface area contributed by atoms with E-state index in [0.717, 1.165) is 57.4 Å². The summed E-state index contributed by atoms with van der Waals surface area (Å²) in [4.78, 5) is 18.5. The molecule has 0 radical (unpaired) electrons. The minimum absolute atomic E-state index is 0. The first kappa shape index (κ1) is 24.5. The number of nitrogens with one attached hydrogen (secondary N) is 2. The van der Waals surface area contributed by atoms with Crippen LogP contribution >= 0.6 is 24.0 Å². The van der Waals surface area contributed by atoms with Crippen molar-refractivity contribution in [2.45, 2.75) is 45.6 Å². The summed E-state index contributed by atoms with van der Waals surface area (Å²) in [6.07, 6.45) is 4.80. The first-order valence-electron chi connectivity index (χ1n) is 9.76. The molecule has 0 spiro atoms. The van der Waals surface area contributed by atoms with Crippen molar-refractivity contribution in [1.82, 2.24) is 15.5 Å². The van der Waals surface area contributed by atoms with E-state index in [9.17, 15) is 9.18 Å². The maximum atomic E-state index is 13.8. The minimum Gasteiger partial charge on any atom is -0.494 e. The van der Waals surface area contributed by atoms with Crippen LogP contribution in [0.5, 0.6) is 5.75 Å². The number of nitrogens with zero attached hydrogens (tertiary/aromatic N) is 2. The van der Waals surface area contributed by atoms with Crippen LogP contribution in [-0.4, -0.2) is 50.1 Å². The smallest absolute Gasteiger partial charge is 0.222 e. The van der Waals surface area contributed by atoms with Crippen LogP contribution in [0.2, 0.25) is 0 Å². The molecule has 1 aromatic rings. The lowest BCUT2D eigenvalue weighted by Gasteiger charge is -2.20. The van der Waals surface area contributed by atoms with E-state index in [2.05, 4.69) is 15.6 Å². The maximum Gasteiger partial charge on any atom is 0.222 e. The van der Waals surface area contributed by atoms with Gasteiger partial charge in [0.2, 0.25) is 5.91 Å². The van der Waals surface area contributed by atoms with Gasteiger partial charge >= 0.3 is 0 Å². The fraction of sp³-hybridized carbons (Fsp3) is 0.600. The Hall–Kier alpha value is -1.58. The topological polar surface area (TPSA) is 66.0 Å². The predicted octanol–water partition coefficient (Wildman–Crippen LogP) is 3.30. The number of carbonyl (C=O) groups excluding carboxylic acids is 1. The number of likely N-dealkylation sites (tertiary alicyclic amines) is 1. The highest BCUT2D eigenvalue weighted by Crippen LogP contribution is 2.18. The fourth-order valence-electron chi connectivity index (χ4n) is 3.07. The van der Waals surface area contributed by atoms with E-state index in [1.165, 1.54) is 13.2 Å². The van der Waals surface area contributed by atoms with Gasteiger partial charge in [0.15, 0.2) is 17.5 Å². The molecule has 2 N–H and O–H groups in total. The summed E-state index contributed by atoms with van der Waals surface area (Å²) < 4.78 is 18.7. The van der Waals surface area contributed by atoms with E-state index >= 15 is 0 Å². The minimum atomic E-state index is -0.384. The van der Waals surface area contributed by atoms with E-state index in [4.69, 9.17) is 4.74 Å². The third-order valence-corrected chi connectivity index (χ3v) is 4.55. The number of amides is 1. The highest BCUT2D eigenvalue weighted by molar-refractivity contribution is 14.0. The summed E-state index contributed by atoms with van der Waals surface area (Å²) in [6.45, 7) is 5.49. The Balaban J connectivity index is 0.00000392. The van der Waals surface area contributed by atoms with Crippen LogP contribution in [0.25, 0.3) is 0 Å². The van der Waals surface area contributed by atoms with E-state index in [1.54, 1.807) is 12.1 Å². The average molecular weight is 506 g/mol. The van der Waals surface area contributed by atoms with E-state index in [1.807, 2.05) is 11.8 Å². The molecule has 28 heavy (non-hydrogen) atoms. The molecule has 1 heterocycles. The zero-order valence-electron chi connectivity index (χ0n) is 16.8. The standard InChI is InChI=1S/C20H31FN4O2.HI/c1-3-22-20(24-15-16-9-10-18(27-2)17(21)14-16)23-11-7-13-25-12-6-4-5-8-19(25)26;/h9-10,14H,3-8,11-13,15H2,1-2H3,(H2,22,23,24);1H. The van der Waals surface area contributed by atoms with Gasteiger partial charge in [-0.1, -0.05) is 12.5 Å². The van der Waals surface area contributed by atoms with Crippen molar-refractivity contribution in [3.8, 4) is 5.75 Å².